The third-order valence-corrected chi connectivity index (χ3v) is 5.95. The molecule has 2 aromatic rings. The lowest BCUT2D eigenvalue weighted by Crippen LogP contribution is -2.56. The molecule has 2 aromatic carbocycles. The zero-order chi connectivity index (χ0) is 31.4. The molecule has 2 rings (SSSR count). The Bertz CT molecular complexity index is 1260. The highest BCUT2D eigenvalue weighted by molar-refractivity contribution is 5.85. The maximum absolute atomic E-state index is 13.1. The topological polar surface area (TPSA) is 235 Å². The monoisotopic (exact) mass is 590 g/mol. The van der Waals surface area contributed by atoms with E-state index in [4.69, 9.17) is 20.3 Å². The highest BCUT2D eigenvalue weighted by atomic mass is 16.7. The van der Waals surface area contributed by atoms with Gasteiger partial charge in [0.1, 0.15) is 24.9 Å². The zero-order valence-corrected chi connectivity index (χ0v) is 23.3. The van der Waals surface area contributed by atoms with Gasteiger partial charge in [0, 0.05) is 24.6 Å². The van der Waals surface area contributed by atoms with Gasteiger partial charge in [-0.3, -0.25) is 14.9 Å². The van der Waals surface area contributed by atoms with Gasteiger partial charge in [-0.05, 0) is 49.1 Å². The van der Waals surface area contributed by atoms with Crippen LogP contribution in [0.15, 0.2) is 48.5 Å². The minimum Gasteiger partial charge on any atom is -0.598 e. The van der Waals surface area contributed by atoms with Gasteiger partial charge in [-0.25, -0.2) is 19.8 Å². The Morgan fingerprint density at radius 2 is 1.64 bits per heavy atom. The first-order valence-electron chi connectivity index (χ1n) is 12.9. The molecule has 0 fully saturated rings. The van der Waals surface area contributed by atoms with Crippen molar-refractivity contribution in [1.82, 2.24) is 10.6 Å². The van der Waals surface area contributed by atoms with Crippen molar-refractivity contribution in [2.45, 2.75) is 52.3 Å². The maximum Gasteiger partial charge on any atom is 0.514 e. The van der Waals surface area contributed by atoms with E-state index in [9.17, 15) is 34.5 Å². The summed E-state index contributed by atoms with van der Waals surface area (Å²) in [7, 11) is 0. The minimum atomic E-state index is -1.58. The highest BCUT2D eigenvalue weighted by Gasteiger charge is 2.27. The van der Waals surface area contributed by atoms with Gasteiger partial charge >= 0.3 is 18.3 Å². The average Bonchev–Trinajstić information content (AvgIpc) is 2.91. The van der Waals surface area contributed by atoms with Crippen LogP contribution >= 0.6 is 0 Å². The van der Waals surface area contributed by atoms with Gasteiger partial charge in [-0.1, -0.05) is 26.0 Å². The first-order chi connectivity index (χ1) is 19.7. The normalized spacial score (nSPS) is 13.6. The molecule has 0 radical (unpaired) electrons. The van der Waals surface area contributed by atoms with E-state index in [1.165, 1.54) is 36.4 Å². The van der Waals surface area contributed by atoms with E-state index in [2.05, 4.69) is 16.1 Å². The first-order valence-corrected chi connectivity index (χ1v) is 12.9. The Hall–Kier alpha value is -4.96. The predicted molar refractivity (Wildman–Crippen MR) is 149 cm³/mol. The summed E-state index contributed by atoms with van der Waals surface area (Å²) >= 11 is 0. The van der Waals surface area contributed by atoms with E-state index in [0.29, 0.717) is 12.0 Å². The van der Waals surface area contributed by atoms with Crippen molar-refractivity contribution in [3.05, 3.63) is 69.4 Å². The van der Waals surface area contributed by atoms with E-state index >= 15 is 0 Å². The van der Waals surface area contributed by atoms with E-state index in [1.807, 2.05) is 0 Å². The van der Waals surface area contributed by atoms with Gasteiger partial charge in [0.05, 0.1) is 10.6 Å². The van der Waals surface area contributed by atoms with Crippen LogP contribution in [0.4, 0.5) is 25.8 Å². The molecule has 3 unspecified atom stereocenters. The molecule has 42 heavy (non-hydrogen) atoms. The van der Waals surface area contributed by atoms with Crippen LogP contribution in [0, 0.1) is 21.2 Å². The number of amides is 4. The maximum atomic E-state index is 13.1. The van der Waals surface area contributed by atoms with E-state index < -0.39 is 45.9 Å². The molecule has 0 bridgehead atoms. The van der Waals surface area contributed by atoms with Gasteiger partial charge in [-0.2, -0.15) is 4.76 Å². The SMILES string of the molecule is CC(CCC[N+]([O-])(Nc1ccc(COC(=O)Oc2ccc([N+](=O)[O-])cc2)cc1)C(N)=O)NC(=O)C(NC(=O)O)C(C)C. The lowest BCUT2D eigenvalue weighted by Gasteiger charge is -2.37. The number of carbonyl (C=O) groups is 4. The van der Waals surface area contributed by atoms with Crippen molar-refractivity contribution in [3.8, 4) is 5.75 Å². The number of urea groups is 1. The summed E-state index contributed by atoms with van der Waals surface area (Å²) in [5.74, 6) is -0.722. The summed E-state index contributed by atoms with van der Waals surface area (Å²) < 4.78 is 8.40. The van der Waals surface area contributed by atoms with Crippen molar-refractivity contribution in [2.24, 2.45) is 11.7 Å². The van der Waals surface area contributed by atoms with Crippen LogP contribution in [0.2, 0.25) is 0 Å². The number of hydroxylamine groups is 2. The number of ether oxygens (including phenoxy) is 2. The smallest absolute Gasteiger partial charge is 0.514 e. The van der Waals surface area contributed by atoms with Crippen molar-refractivity contribution < 1.29 is 43.4 Å². The summed E-state index contributed by atoms with van der Waals surface area (Å²) in [6, 6.07) is 8.38. The molecule has 0 aliphatic heterocycles. The van der Waals surface area contributed by atoms with Crippen LogP contribution in [0.25, 0.3) is 0 Å². The molecular weight excluding hydrogens is 556 g/mol. The Balaban J connectivity index is 1.86. The van der Waals surface area contributed by atoms with Crippen LogP contribution < -0.4 is 26.5 Å². The van der Waals surface area contributed by atoms with E-state index in [-0.39, 0.29) is 42.6 Å². The van der Waals surface area contributed by atoms with Gasteiger partial charge in [-0.15, -0.1) is 0 Å². The van der Waals surface area contributed by atoms with Gasteiger partial charge < -0.3 is 36.2 Å². The number of carbonyl (C=O) groups excluding carboxylic acids is 3. The molecule has 0 spiro atoms. The molecular formula is C26H34N6O10. The lowest BCUT2D eigenvalue weighted by atomic mass is 10.0. The molecule has 0 aliphatic carbocycles. The quantitative estimate of drug-likeness (QED) is 0.0700. The van der Waals surface area contributed by atoms with Gasteiger partial charge in [0.15, 0.2) is 0 Å². The fraction of sp³-hybridized carbons (Fsp3) is 0.385. The van der Waals surface area contributed by atoms with Gasteiger partial charge in [0.25, 0.3) is 5.69 Å². The molecule has 16 heteroatoms. The number of nitro benzene ring substituents is 1. The molecule has 0 saturated heterocycles. The molecule has 0 aliphatic rings. The molecule has 4 amide bonds. The Morgan fingerprint density at radius 3 is 2.17 bits per heavy atom. The van der Waals surface area contributed by atoms with Crippen molar-refractivity contribution in [2.75, 3.05) is 12.0 Å². The van der Waals surface area contributed by atoms with Gasteiger partial charge in [0.2, 0.25) is 5.91 Å². The van der Waals surface area contributed by atoms with Crippen LogP contribution in [-0.4, -0.2) is 57.6 Å². The Labute approximate surface area is 241 Å². The number of carboxylic acid groups (broad SMARTS) is 1. The number of hydrogen-bond acceptors (Lipinski definition) is 10. The second-order valence-corrected chi connectivity index (χ2v) is 9.73. The number of hydrogen-bond donors (Lipinski definition) is 5. The average molecular weight is 591 g/mol. The van der Waals surface area contributed by atoms with Crippen LogP contribution in [0.5, 0.6) is 5.75 Å². The van der Waals surface area contributed by atoms with Crippen LogP contribution in [0.1, 0.15) is 39.2 Å². The third-order valence-electron chi connectivity index (χ3n) is 5.95. The van der Waals surface area contributed by atoms with Crippen LogP contribution in [-0.2, 0) is 16.1 Å². The molecule has 3 atom stereocenters. The van der Waals surface area contributed by atoms with Crippen molar-refractivity contribution in [3.63, 3.8) is 0 Å². The number of rotatable bonds is 14. The summed E-state index contributed by atoms with van der Waals surface area (Å²) in [6.45, 7) is 4.66. The molecule has 6 N–H and O–H groups in total. The first kappa shape index (κ1) is 33.2. The number of nitrogens with one attached hydrogen (secondary N) is 3. The minimum absolute atomic E-state index is 0.0628. The zero-order valence-electron chi connectivity index (χ0n) is 23.3. The second-order valence-electron chi connectivity index (χ2n) is 9.73. The Kier molecular flexibility index (Phi) is 12.0. The van der Waals surface area contributed by atoms with Crippen molar-refractivity contribution >= 4 is 35.6 Å². The molecule has 16 nitrogen and oxygen atoms in total. The summed E-state index contributed by atoms with van der Waals surface area (Å²) in [5.41, 5.74) is 8.52. The number of nitro groups is 1. The fourth-order valence-electron chi connectivity index (χ4n) is 3.70. The third kappa shape index (κ3) is 10.5. The molecule has 228 valence electrons. The van der Waals surface area contributed by atoms with E-state index in [1.54, 1.807) is 32.9 Å². The highest BCUT2D eigenvalue weighted by Crippen LogP contribution is 2.19. The number of nitrogens with zero attached hydrogens (tertiary/aromatic N) is 2. The van der Waals surface area contributed by atoms with E-state index in [0.717, 1.165) is 0 Å². The number of anilines is 1. The lowest BCUT2D eigenvalue weighted by molar-refractivity contribution is -0.774. The summed E-state index contributed by atoms with van der Waals surface area (Å²) in [6.07, 6.45) is -1.84. The predicted octanol–water partition coefficient (Wildman–Crippen LogP) is 3.61. The number of benzene rings is 2. The number of non-ortho nitro benzene ring substituents is 1. The Morgan fingerprint density at radius 1 is 1.02 bits per heavy atom. The largest absolute Gasteiger partial charge is 0.598 e. The molecule has 0 heterocycles. The summed E-state index contributed by atoms with van der Waals surface area (Å²) in [5, 5.41) is 37.6. The fourth-order valence-corrected chi connectivity index (χ4v) is 3.70. The number of quaternary nitrogens is 1. The molecule has 0 aromatic heterocycles. The number of nitrogens with two attached hydrogens (primary N) is 1. The van der Waals surface area contributed by atoms with Crippen molar-refractivity contribution in [1.29, 1.82) is 0 Å². The van der Waals surface area contributed by atoms with Crippen LogP contribution in [0.3, 0.4) is 0 Å². The number of primary amides is 1. The second kappa shape index (κ2) is 15.2. The molecule has 0 saturated carbocycles. The standard InChI is InChI=1S/C26H34N6O10/c1-16(2)22(29-25(35)36)23(33)28-17(3)5-4-14-32(40,24(27)34)30-19-8-6-18(7-9-19)15-41-26(37)42-21-12-10-20(11-13-21)31(38)39/h6-13,16-17,22,29-30H,4-5,14-15H2,1-3H3,(H2,27,34)(H,28,33)(H,35,36). The summed E-state index contributed by atoms with van der Waals surface area (Å²) in [4.78, 5) is 57.4.